The number of rotatable bonds is 4. The SMILES string of the molecule is CN(C)S(=O)(=O)N1CCC(n2cc(C3CC3)nn2)C1. The molecule has 0 amide bonds. The molecule has 1 atom stereocenters. The van der Waals surface area contributed by atoms with Crippen LogP contribution in [0.2, 0.25) is 0 Å². The van der Waals surface area contributed by atoms with E-state index in [4.69, 9.17) is 0 Å². The Morgan fingerprint density at radius 3 is 2.68 bits per heavy atom. The summed E-state index contributed by atoms with van der Waals surface area (Å²) < 4.78 is 28.7. The second-order valence-electron chi connectivity index (χ2n) is 5.49. The standard InChI is InChI=1S/C11H19N5O2S/c1-14(2)19(17,18)15-6-5-10(7-15)16-8-11(12-13-16)9-3-4-9/h8-10H,3-7H2,1-2H3. The topological polar surface area (TPSA) is 71.3 Å². The molecule has 1 saturated heterocycles. The van der Waals surface area contributed by atoms with Gasteiger partial charge in [0.2, 0.25) is 0 Å². The molecule has 2 heterocycles. The van der Waals surface area contributed by atoms with E-state index in [-0.39, 0.29) is 6.04 Å². The molecule has 8 heteroatoms. The van der Waals surface area contributed by atoms with Crippen molar-refractivity contribution in [3.8, 4) is 0 Å². The molecule has 19 heavy (non-hydrogen) atoms. The van der Waals surface area contributed by atoms with E-state index >= 15 is 0 Å². The minimum atomic E-state index is -3.31. The molecule has 7 nitrogen and oxygen atoms in total. The Hall–Kier alpha value is -0.990. The van der Waals surface area contributed by atoms with Crippen molar-refractivity contribution in [1.29, 1.82) is 0 Å². The zero-order chi connectivity index (χ0) is 13.6. The van der Waals surface area contributed by atoms with Gasteiger partial charge in [0.15, 0.2) is 0 Å². The highest BCUT2D eigenvalue weighted by Gasteiger charge is 2.35. The van der Waals surface area contributed by atoms with Crippen molar-refractivity contribution >= 4 is 10.2 Å². The normalized spacial score (nSPS) is 25.3. The molecule has 0 bridgehead atoms. The van der Waals surface area contributed by atoms with Gasteiger partial charge in [-0.1, -0.05) is 5.21 Å². The van der Waals surface area contributed by atoms with Crippen LogP contribution in [0.4, 0.5) is 0 Å². The molecule has 2 aliphatic rings. The van der Waals surface area contributed by atoms with Gasteiger partial charge in [0.05, 0.1) is 11.7 Å². The molecule has 0 aromatic carbocycles. The summed E-state index contributed by atoms with van der Waals surface area (Å²) in [4.78, 5) is 0. The Balaban J connectivity index is 1.71. The van der Waals surface area contributed by atoms with Crippen LogP contribution in [0, 0.1) is 0 Å². The third kappa shape index (κ3) is 2.39. The van der Waals surface area contributed by atoms with Crippen LogP contribution in [0.1, 0.15) is 36.9 Å². The molecule has 1 aliphatic carbocycles. The summed E-state index contributed by atoms with van der Waals surface area (Å²) in [6.07, 6.45) is 5.17. The van der Waals surface area contributed by atoms with Crippen LogP contribution in [0.25, 0.3) is 0 Å². The average molecular weight is 285 g/mol. The zero-order valence-electron chi connectivity index (χ0n) is 11.2. The Morgan fingerprint density at radius 2 is 2.05 bits per heavy atom. The highest BCUT2D eigenvalue weighted by atomic mass is 32.2. The summed E-state index contributed by atoms with van der Waals surface area (Å²) in [5, 5.41) is 8.33. The Kier molecular flexibility index (Phi) is 3.11. The van der Waals surface area contributed by atoms with Crippen molar-refractivity contribution in [2.75, 3.05) is 27.2 Å². The smallest absolute Gasteiger partial charge is 0.248 e. The number of nitrogens with zero attached hydrogens (tertiary/aromatic N) is 5. The van der Waals surface area contributed by atoms with Gasteiger partial charge in [-0.05, 0) is 19.3 Å². The first-order valence-electron chi connectivity index (χ1n) is 6.58. The van der Waals surface area contributed by atoms with E-state index in [1.165, 1.54) is 21.5 Å². The van der Waals surface area contributed by atoms with Crippen LogP contribution in [-0.2, 0) is 10.2 Å². The van der Waals surface area contributed by atoms with Crippen molar-refractivity contribution in [2.24, 2.45) is 0 Å². The summed E-state index contributed by atoms with van der Waals surface area (Å²) in [7, 11) is -0.192. The largest absolute Gasteiger partial charge is 0.281 e. The fourth-order valence-corrected chi connectivity index (χ4v) is 3.56. The van der Waals surface area contributed by atoms with E-state index in [1.807, 2.05) is 10.9 Å². The maximum atomic E-state index is 12.0. The highest BCUT2D eigenvalue weighted by molar-refractivity contribution is 7.86. The van der Waals surface area contributed by atoms with E-state index in [9.17, 15) is 8.42 Å². The summed E-state index contributed by atoms with van der Waals surface area (Å²) in [6, 6.07) is 0.106. The molecule has 3 rings (SSSR count). The van der Waals surface area contributed by atoms with Crippen LogP contribution in [-0.4, -0.2) is 59.2 Å². The molecule has 0 radical (unpaired) electrons. The highest BCUT2D eigenvalue weighted by Crippen LogP contribution is 2.39. The van der Waals surface area contributed by atoms with Gasteiger partial charge in [0, 0.05) is 39.3 Å². The molecule has 1 aromatic heterocycles. The van der Waals surface area contributed by atoms with Gasteiger partial charge in [-0.25, -0.2) is 4.68 Å². The number of aromatic nitrogens is 3. The van der Waals surface area contributed by atoms with Crippen molar-refractivity contribution in [2.45, 2.75) is 31.2 Å². The average Bonchev–Trinajstić information content (AvgIpc) is 2.92. The van der Waals surface area contributed by atoms with Crippen LogP contribution >= 0.6 is 0 Å². The van der Waals surface area contributed by atoms with E-state index in [0.29, 0.717) is 19.0 Å². The molecule has 1 aromatic rings. The van der Waals surface area contributed by atoms with E-state index in [2.05, 4.69) is 10.3 Å². The monoisotopic (exact) mass is 285 g/mol. The maximum absolute atomic E-state index is 12.0. The molecule has 0 N–H and O–H groups in total. The van der Waals surface area contributed by atoms with Crippen molar-refractivity contribution in [3.05, 3.63) is 11.9 Å². The van der Waals surface area contributed by atoms with Gasteiger partial charge in [-0.3, -0.25) is 0 Å². The molecular formula is C11H19N5O2S. The lowest BCUT2D eigenvalue weighted by Crippen LogP contribution is -2.38. The molecule has 106 valence electrons. The Labute approximate surface area is 113 Å². The van der Waals surface area contributed by atoms with Gasteiger partial charge in [-0.2, -0.15) is 17.0 Å². The summed E-state index contributed by atoms with van der Waals surface area (Å²) in [5.41, 5.74) is 1.05. The van der Waals surface area contributed by atoms with Gasteiger partial charge in [0.25, 0.3) is 10.2 Å². The molecular weight excluding hydrogens is 266 g/mol. The minimum absolute atomic E-state index is 0.106. The maximum Gasteiger partial charge on any atom is 0.281 e. The van der Waals surface area contributed by atoms with E-state index in [1.54, 1.807) is 14.1 Å². The second kappa shape index (κ2) is 4.53. The quantitative estimate of drug-likeness (QED) is 0.793. The third-order valence-electron chi connectivity index (χ3n) is 3.81. The Bertz CT molecular complexity index is 563. The molecule has 1 aliphatic heterocycles. The second-order valence-corrected chi connectivity index (χ2v) is 7.63. The first-order valence-corrected chi connectivity index (χ1v) is 7.97. The molecule has 0 spiro atoms. The van der Waals surface area contributed by atoms with Crippen LogP contribution in [0.15, 0.2) is 6.20 Å². The van der Waals surface area contributed by atoms with Crippen molar-refractivity contribution < 1.29 is 8.42 Å². The Morgan fingerprint density at radius 1 is 1.32 bits per heavy atom. The fraction of sp³-hybridized carbons (Fsp3) is 0.818. The van der Waals surface area contributed by atoms with Gasteiger partial charge in [-0.15, -0.1) is 5.10 Å². The lowest BCUT2D eigenvalue weighted by molar-refractivity contribution is 0.398. The van der Waals surface area contributed by atoms with Gasteiger partial charge in [0.1, 0.15) is 0 Å². The van der Waals surface area contributed by atoms with E-state index < -0.39 is 10.2 Å². The predicted octanol–water partition coefficient (Wildman–Crippen LogP) is 0.209. The molecule has 2 fully saturated rings. The zero-order valence-corrected chi connectivity index (χ0v) is 12.0. The third-order valence-corrected chi connectivity index (χ3v) is 5.72. The van der Waals surface area contributed by atoms with Crippen molar-refractivity contribution in [1.82, 2.24) is 23.6 Å². The van der Waals surface area contributed by atoms with Gasteiger partial charge >= 0.3 is 0 Å². The number of hydrogen-bond donors (Lipinski definition) is 0. The molecule has 1 saturated carbocycles. The minimum Gasteiger partial charge on any atom is -0.248 e. The van der Waals surface area contributed by atoms with Crippen LogP contribution in [0.5, 0.6) is 0 Å². The van der Waals surface area contributed by atoms with Gasteiger partial charge < -0.3 is 0 Å². The lowest BCUT2D eigenvalue weighted by atomic mass is 10.2. The van der Waals surface area contributed by atoms with Crippen LogP contribution < -0.4 is 0 Å². The number of hydrogen-bond acceptors (Lipinski definition) is 4. The van der Waals surface area contributed by atoms with E-state index in [0.717, 1.165) is 12.1 Å². The van der Waals surface area contributed by atoms with Crippen LogP contribution in [0.3, 0.4) is 0 Å². The molecule has 1 unspecified atom stereocenters. The first-order chi connectivity index (χ1) is 8.98. The summed E-state index contributed by atoms with van der Waals surface area (Å²) in [6.45, 7) is 1.03. The first kappa shape index (κ1) is 13.0. The predicted molar refractivity (Wildman–Crippen MR) is 69.8 cm³/mol. The van der Waals surface area contributed by atoms with Crippen molar-refractivity contribution in [3.63, 3.8) is 0 Å². The summed E-state index contributed by atoms with van der Waals surface area (Å²) in [5.74, 6) is 0.580. The fourth-order valence-electron chi connectivity index (χ4n) is 2.40. The lowest BCUT2D eigenvalue weighted by Gasteiger charge is -2.20. The summed E-state index contributed by atoms with van der Waals surface area (Å²) >= 11 is 0.